The maximum absolute atomic E-state index is 11.8. The van der Waals surface area contributed by atoms with Gasteiger partial charge in [0.1, 0.15) is 0 Å². The van der Waals surface area contributed by atoms with Crippen molar-refractivity contribution in [3.8, 4) is 0 Å². The summed E-state index contributed by atoms with van der Waals surface area (Å²) in [5, 5.41) is 3.00. The molecule has 0 aromatic carbocycles. The molecule has 1 aromatic heterocycles. The van der Waals surface area contributed by atoms with E-state index >= 15 is 0 Å². The number of amides is 1. The minimum Gasteiger partial charge on any atom is -0.356 e. The van der Waals surface area contributed by atoms with Gasteiger partial charge in [-0.15, -0.1) is 11.3 Å². The summed E-state index contributed by atoms with van der Waals surface area (Å²) in [6.07, 6.45) is 5.86. The van der Waals surface area contributed by atoms with E-state index in [1.807, 2.05) is 6.07 Å². The van der Waals surface area contributed by atoms with Gasteiger partial charge in [-0.05, 0) is 59.8 Å². The molecule has 0 saturated heterocycles. The van der Waals surface area contributed by atoms with E-state index in [4.69, 9.17) is 5.73 Å². The molecule has 1 unspecified atom stereocenters. The topological polar surface area (TPSA) is 55.1 Å². The minimum absolute atomic E-state index is 0.166. The normalized spacial score (nSPS) is 12.3. The molecular formula is C15H25BrN2OS. The molecule has 20 heavy (non-hydrogen) atoms. The summed E-state index contributed by atoms with van der Waals surface area (Å²) in [6, 6.07) is 4.14. The Morgan fingerprint density at radius 3 is 2.80 bits per heavy atom. The molecule has 0 radical (unpaired) electrons. The van der Waals surface area contributed by atoms with Crippen molar-refractivity contribution in [3.05, 3.63) is 20.8 Å². The number of thiophene rings is 1. The van der Waals surface area contributed by atoms with Crippen LogP contribution in [0.15, 0.2) is 15.9 Å². The Balaban J connectivity index is 2.16. The van der Waals surface area contributed by atoms with Crippen LogP contribution in [0.2, 0.25) is 0 Å². The lowest BCUT2D eigenvalue weighted by molar-refractivity contribution is -0.121. The summed E-state index contributed by atoms with van der Waals surface area (Å²) < 4.78 is 1.14. The molecule has 1 heterocycles. The van der Waals surface area contributed by atoms with Crippen LogP contribution in [0.5, 0.6) is 0 Å². The Morgan fingerprint density at radius 2 is 2.20 bits per heavy atom. The van der Waals surface area contributed by atoms with E-state index in [9.17, 15) is 4.79 Å². The summed E-state index contributed by atoms with van der Waals surface area (Å²) >= 11 is 5.17. The molecule has 1 amide bonds. The number of halogens is 1. The first-order chi connectivity index (χ1) is 9.65. The highest BCUT2D eigenvalue weighted by Crippen LogP contribution is 2.22. The number of nitrogens with one attached hydrogen (secondary N) is 1. The van der Waals surface area contributed by atoms with Gasteiger partial charge in [0, 0.05) is 17.8 Å². The van der Waals surface area contributed by atoms with E-state index in [2.05, 4.69) is 34.2 Å². The Morgan fingerprint density at radius 1 is 1.40 bits per heavy atom. The van der Waals surface area contributed by atoms with Gasteiger partial charge in [0.2, 0.25) is 5.91 Å². The van der Waals surface area contributed by atoms with Gasteiger partial charge in [-0.3, -0.25) is 4.79 Å². The second-order valence-electron chi connectivity index (χ2n) is 5.08. The highest BCUT2D eigenvalue weighted by Gasteiger charge is 2.10. The van der Waals surface area contributed by atoms with Crippen molar-refractivity contribution in [3.63, 3.8) is 0 Å². The Hall–Kier alpha value is -0.390. The fraction of sp³-hybridized carbons (Fsp3) is 0.667. The van der Waals surface area contributed by atoms with Crippen molar-refractivity contribution < 1.29 is 4.79 Å². The number of nitrogens with two attached hydrogens (primary N) is 1. The predicted molar refractivity (Wildman–Crippen MR) is 90.0 cm³/mol. The van der Waals surface area contributed by atoms with Crippen LogP contribution in [-0.4, -0.2) is 19.0 Å². The molecule has 0 saturated carbocycles. The lowest BCUT2D eigenvalue weighted by Crippen LogP contribution is -2.26. The molecule has 0 aliphatic heterocycles. The Bertz CT molecular complexity index is 389. The van der Waals surface area contributed by atoms with Gasteiger partial charge in [-0.25, -0.2) is 0 Å². The van der Waals surface area contributed by atoms with Gasteiger partial charge in [0.15, 0.2) is 0 Å². The first kappa shape index (κ1) is 17.7. The van der Waals surface area contributed by atoms with Gasteiger partial charge in [-0.1, -0.05) is 19.8 Å². The smallest absolute Gasteiger partial charge is 0.220 e. The number of rotatable bonds is 10. The first-order valence-corrected chi connectivity index (χ1v) is 8.97. The van der Waals surface area contributed by atoms with Gasteiger partial charge < -0.3 is 11.1 Å². The fourth-order valence-electron chi connectivity index (χ4n) is 2.31. The zero-order valence-electron chi connectivity index (χ0n) is 12.2. The zero-order chi connectivity index (χ0) is 14.8. The highest BCUT2D eigenvalue weighted by molar-refractivity contribution is 9.11. The van der Waals surface area contributed by atoms with Crippen LogP contribution < -0.4 is 11.1 Å². The molecule has 0 aliphatic rings. The van der Waals surface area contributed by atoms with E-state index in [0.29, 0.717) is 12.3 Å². The van der Waals surface area contributed by atoms with Crippen LogP contribution in [0.25, 0.3) is 0 Å². The lowest BCUT2D eigenvalue weighted by Gasteiger charge is -2.14. The molecule has 0 spiro atoms. The molecule has 0 aliphatic carbocycles. The average molecular weight is 361 g/mol. The van der Waals surface area contributed by atoms with Crippen molar-refractivity contribution >= 4 is 33.2 Å². The van der Waals surface area contributed by atoms with Gasteiger partial charge >= 0.3 is 0 Å². The zero-order valence-corrected chi connectivity index (χ0v) is 14.6. The SMILES string of the molecule is CCCC(CCN)CCC(=O)NCCc1ccc(Br)s1. The quantitative estimate of drug-likeness (QED) is 0.667. The molecule has 1 atom stereocenters. The first-order valence-electron chi connectivity index (χ1n) is 7.36. The van der Waals surface area contributed by atoms with Crippen LogP contribution in [-0.2, 0) is 11.2 Å². The Labute approximate surface area is 134 Å². The van der Waals surface area contributed by atoms with E-state index < -0.39 is 0 Å². The lowest BCUT2D eigenvalue weighted by atomic mass is 9.94. The van der Waals surface area contributed by atoms with Crippen LogP contribution in [0.3, 0.4) is 0 Å². The molecule has 0 fully saturated rings. The Kier molecular flexibility index (Phi) is 9.14. The van der Waals surface area contributed by atoms with Crippen LogP contribution >= 0.6 is 27.3 Å². The fourth-order valence-corrected chi connectivity index (χ4v) is 3.79. The minimum atomic E-state index is 0.166. The average Bonchev–Trinajstić information content (AvgIpc) is 2.82. The van der Waals surface area contributed by atoms with Crippen molar-refractivity contribution in [1.82, 2.24) is 5.32 Å². The summed E-state index contributed by atoms with van der Waals surface area (Å²) in [7, 11) is 0. The third kappa shape index (κ3) is 7.41. The molecule has 1 aromatic rings. The number of hydrogen-bond acceptors (Lipinski definition) is 3. The highest BCUT2D eigenvalue weighted by atomic mass is 79.9. The number of hydrogen-bond donors (Lipinski definition) is 2. The van der Waals surface area contributed by atoms with Crippen LogP contribution in [0.1, 0.15) is 43.9 Å². The standard InChI is InChI=1S/C15H25BrN2OS/c1-2-3-12(8-10-17)4-7-15(19)18-11-9-13-5-6-14(16)20-13/h5-6,12H,2-4,7-11,17H2,1H3,(H,18,19). The third-order valence-corrected chi connectivity index (χ3v) is 5.06. The number of carbonyl (C=O) groups is 1. The molecule has 0 bridgehead atoms. The molecular weight excluding hydrogens is 336 g/mol. The number of carbonyl (C=O) groups excluding carboxylic acids is 1. The summed E-state index contributed by atoms with van der Waals surface area (Å²) in [4.78, 5) is 13.1. The van der Waals surface area contributed by atoms with Crippen molar-refractivity contribution in [2.45, 2.75) is 45.4 Å². The van der Waals surface area contributed by atoms with Gasteiger partial charge in [-0.2, -0.15) is 0 Å². The van der Waals surface area contributed by atoms with Gasteiger partial charge in [0.25, 0.3) is 0 Å². The molecule has 114 valence electrons. The van der Waals surface area contributed by atoms with E-state index in [1.54, 1.807) is 11.3 Å². The monoisotopic (exact) mass is 360 g/mol. The maximum Gasteiger partial charge on any atom is 0.220 e. The van der Waals surface area contributed by atoms with Gasteiger partial charge in [0.05, 0.1) is 3.79 Å². The maximum atomic E-state index is 11.8. The molecule has 3 N–H and O–H groups in total. The summed E-state index contributed by atoms with van der Waals surface area (Å²) in [5.74, 6) is 0.766. The molecule has 5 heteroatoms. The largest absolute Gasteiger partial charge is 0.356 e. The summed E-state index contributed by atoms with van der Waals surface area (Å²) in [5.41, 5.74) is 5.61. The second kappa shape index (κ2) is 10.4. The van der Waals surface area contributed by atoms with E-state index in [-0.39, 0.29) is 5.91 Å². The second-order valence-corrected chi connectivity index (χ2v) is 7.62. The predicted octanol–water partition coefficient (Wildman–Crippen LogP) is 3.71. The van der Waals surface area contributed by atoms with Crippen LogP contribution in [0, 0.1) is 5.92 Å². The summed E-state index contributed by atoms with van der Waals surface area (Å²) in [6.45, 7) is 3.63. The van der Waals surface area contributed by atoms with Crippen molar-refractivity contribution in [2.75, 3.05) is 13.1 Å². The van der Waals surface area contributed by atoms with E-state index in [0.717, 1.165) is 36.1 Å². The van der Waals surface area contributed by atoms with Crippen molar-refractivity contribution in [1.29, 1.82) is 0 Å². The molecule has 1 rings (SSSR count). The van der Waals surface area contributed by atoms with E-state index in [1.165, 1.54) is 17.7 Å². The molecule has 3 nitrogen and oxygen atoms in total. The van der Waals surface area contributed by atoms with Crippen molar-refractivity contribution in [2.24, 2.45) is 11.7 Å². The third-order valence-electron chi connectivity index (χ3n) is 3.37. The van der Waals surface area contributed by atoms with Crippen LogP contribution in [0.4, 0.5) is 0 Å².